The molecule has 0 aromatic carbocycles. The molecule has 0 fully saturated rings. The lowest BCUT2D eigenvalue weighted by molar-refractivity contribution is -0.380. The summed E-state index contributed by atoms with van der Waals surface area (Å²) in [6.07, 6.45) is 3.38. The fourth-order valence-corrected chi connectivity index (χ4v) is 3.43. The van der Waals surface area contributed by atoms with Crippen molar-refractivity contribution in [2.45, 2.75) is 4.90 Å². The Morgan fingerprint density at radius 1 is 1.42 bits per heavy atom. The standard InChI is InChI=1S/C8H5ClN4O4S2/c9-5-1-2-10-3-6(5)19(16,17)12-8-11-4-7(18-8)13(14)15/h1-4H,(H,11,12). The van der Waals surface area contributed by atoms with Crippen molar-refractivity contribution in [3.05, 3.63) is 39.8 Å². The number of hydrogen-bond donors (Lipinski definition) is 1. The Kier molecular flexibility index (Phi) is 3.64. The van der Waals surface area contributed by atoms with E-state index in [4.69, 9.17) is 11.6 Å². The molecule has 0 spiro atoms. The van der Waals surface area contributed by atoms with E-state index in [-0.39, 0.29) is 20.1 Å². The molecule has 0 saturated heterocycles. The number of halogens is 1. The predicted octanol–water partition coefficient (Wildman–Crippen LogP) is 1.90. The third kappa shape index (κ3) is 2.97. The summed E-state index contributed by atoms with van der Waals surface area (Å²) in [4.78, 5) is 16.8. The largest absolute Gasteiger partial charge is 0.345 e. The van der Waals surface area contributed by atoms with Crippen LogP contribution in [0.1, 0.15) is 0 Å². The third-order valence-corrected chi connectivity index (χ3v) is 4.72. The van der Waals surface area contributed by atoms with E-state index in [9.17, 15) is 18.5 Å². The monoisotopic (exact) mass is 320 g/mol. The molecule has 0 unspecified atom stereocenters. The van der Waals surface area contributed by atoms with Crippen molar-refractivity contribution in [2.75, 3.05) is 4.72 Å². The number of hydrogen-bond acceptors (Lipinski definition) is 7. The van der Waals surface area contributed by atoms with Crippen molar-refractivity contribution in [3.8, 4) is 0 Å². The molecule has 2 rings (SSSR count). The number of pyridine rings is 1. The van der Waals surface area contributed by atoms with Gasteiger partial charge in [0.25, 0.3) is 10.0 Å². The summed E-state index contributed by atoms with van der Waals surface area (Å²) < 4.78 is 26.0. The Morgan fingerprint density at radius 2 is 2.16 bits per heavy atom. The summed E-state index contributed by atoms with van der Waals surface area (Å²) >= 11 is 6.35. The molecule has 0 saturated carbocycles. The van der Waals surface area contributed by atoms with E-state index < -0.39 is 14.9 Å². The van der Waals surface area contributed by atoms with Gasteiger partial charge in [-0.2, -0.15) is 0 Å². The highest BCUT2D eigenvalue weighted by molar-refractivity contribution is 7.93. The Hall–Kier alpha value is -1.78. The van der Waals surface area contributed by atoms with Crippen LogP contribution in [0, 0.1) is 10.1 Å². The van der Waals surface area contributed by atoms with Crippen LogP contribution >= 0.6 is 22.9 Å². The lowest BCUT2D eigenvalue weighted by atomic mass is 10.5. The Morgan fingerprint density at radius 3 is 2.74 bits per heavy atom. The van der Waals surface area contributed by atoms with Gasteiger partial charge < -0.3 is 0 Å². The van der Waals surface area contributed by atoms with Gasteiger partial charge in [0.05, 0.1) is 9.95 Å². The molecule has 1 N–H and O–H groups in total. The van der Waals surface area contributed by atoms with Crippen molar-refractivity contribution in [1.29, 1.82) is 0 Å². The summed E-state index contributed by atoms with van der Waals surface area (Å²) in [6.45, 7) is 0. The number of anilines is 1. The molecule has 19 heavy (non-hydrogen) atoms. The zero-order valence-corrected chi connectivity index (χ0v) is 11.4. The van der Waals surface area contributed by atoms with E-state index >= 15 is 0 Å². The van der Waals surface area contributed by atoms with Crippen LogP contribution in [0.3, 0.4) is 0 Å². The van der Waals surface area contributed by atoms with E-state index in [1.165, 1.54) is 12.3 Å². The number of nitrogens with one attached hydrogen (secondary N) is 1. The molecule has 2 heterocycles. The van der Waals surface area contributed by atoms with Gasteiger partial charge in [0.15, 0.2) is 0 Å². The molecule has 0 atom stereocenters. The van der Waals surface area contributed by atoms with E-state index in [0.29, 0.717) is 11.3 Å². The fourth-order valence-electron chi connectivity index (χ4n) is 1.13. The first-order chi connectivity index (χ1) is 8.90. The van der Waals surface area contributed by atoms with E-state index in [1.54, 1.807) is 0 Å². The first kappa shape index (κ1) is 13.6. The second-order valence-corrected chi connectivity index (χ2v) is 6.24. The van der Waals surface area contributed by atoms with Crippen LogP contribution in [-0.2, 0) is 10.0 Å². The maximum absolute atomic E-state index is 12.0. The minimum absolute atomic E-state index is 0.00597. The van der Waals surface area contributed by atoms with Gasteiger partial charge in [0.2, 0.25) is 5.13 Å². The molecule has 2 aromatic heterocycles. The molecule has 0 radical (unpaired) electrons. The summed E-state index contributed by atoms with van der Waals surface area (Å²) in [5.41, 5.74) is 0. The third-order valence-electron chi connectivity index (χ3n) is 1.92. The van der Waals surface area contributed by atoms with Crippen molar-refractivity contribution in [3.63, 3.8) is 0 Å². The molecular formula is C8H5ClN4O4S2. The first-order valence-corrected chi connectivity index (χ1v) is 7.30. The SMILES string of the molecule is O=[N+]([O-])c1cnc(NS(=O)(=O)c2cnccc2Cl)s1. The number of rotatable bonds is 4. The van der Waals surface area contributed by atoms with E-state index in [1.807, 2.05) is 0 Å². The molecule has 100 valence electrons. The van der Waals surface area contributed by atoms with Gasteiger partial charge in [-0.3, -0.25) is 19.8 Å². The van der Waals surface area contributed by atoms with Gasteiger partial charge >= 0.3 is 5.00 Å². The van der Waals surface area contributed by atoms with Gasteiger partial charge in [0, 0.05) is 12.4 Å². The van der Waals surface area contributed by atoms with Crippen LogP contribution in [0.25, 0.3) is 0 Å². The van der Waals surface area contributed by atoms with Crippen LogP contribution < -0.4 is 4.72 Å². The van der Waals surface area contributed by atoms with Crippen molar-refractivity contribution < 1.29 is 13.3 Å². The average molecular weight is 321 g/mol. The Bertz CT molecular complexity index is 730. The number of aromatic nitrogens is 2. The highest BCUT2D eigenvalue weighted by Gasteiger charge is 2.21. The Labute approximate surface area is 116 Å². The lowest BCUT2D eigenvalue weighted by Gasteiger charge is -2.05. The minimum atomic E-state index is -3.98. The molecule has 0 bridgehead atoms. The van der Waals surface area contributed by atoms with Gasteiger partial charge in [0.1, 0.15) is 11.1 Å². The molecule has 11 heteroatoms. The second-order valence-electron chi connectivity index (χ2n) is 3.17. The topological polar surface area (TPSA) is 115 Å². The molecular weight excluding hydrogens is 316 g/mol. The van der Waals surface area contributed by atoms with Gasteiger partial charge in [-0.1, -0.05) is 11.6 Å². The van der Waals surface area contributed by atoms with Crippen LogP contribution in [0.2, 0.25) is 5.02 Å². The average Bonchev–Trinajstić information content (AvgIpc) is 2.77. The normalized spacial score (nSPS) is 11.2. The fraction of sp³-hybridized carbons (Fsp3) is 0. The zero-order valence-electron chi connectivity index (χ0n) is 8.98. The van der Waals surface area contributed by atoms with E-state index in [2.05, 4.69) is 14.7 Å². The smallest absolute Gasteiger partial charge is 0.263 e. The van der Waals surface area contributed by atoms with Crippen molar-refractivity contribution in [2.24, 2.45) is 0 Å². The van der Waals surface area contributed by atoms with Crippen LogP contribution in [0.4, 0.5) is 10.1 Å². The molecule has 8 nitrogen and oxygen atoms in total. The highest BCUT2D eigenvalue weighted by atomic mass is 35.5. The lowest BCUT2D eigenvalue weighted by Crippen LogP contribution is -2.13. The molecule has 0 amide bonds. The molecule has 0 aliphatic rings. The first-order valence-electron chi connectivity index (χ1n) is 4.63. The van der Waals surface area contributed by atoms with Crippen molar-refractivity contribution in [1.82, 2.24) is 9.97 Å². The summed E-state index contributed by atoms with van der Waals surface area (Å²) in [5.74, 6) is 0. The number of thiazole rings is 1. The number of sulfonamides is 1. The highest BCUT2D eigenvalue weighted by Crippen LogP contribution is 2.28. The van der Waals surface area contributed by atoms with Crippen LogP contribution in [0.5, 0.6) is 0 Å². The predicted molar refractivity (Wildman–Crippen MR) is 68.8 cm³/mol. The summed E-state index contributed by atoms with van der Waals surface area (Å²) in [6, 6.07) is 1.32. The van der Waals surface area contributed by atoms with Gasteiger partial charge in [-0.15, -0.1) is 0 Å². The van der Waals surface area contributed by atoms with E-state index in [0.717, 1.165) is 12.4 Å². The Balaban J connectivity index is 2.31. The molecule has 2 aromatic rings. The van der Waals surface area contributed by atoms with Crippen LogP contribution in [0.15, 0.2) is 29.6 Å². The maximum atomic E-state index is 12.0. The molecule has 0 aliphatic heterocycles. The molecule has 0 aliphatic carbocycles. The van der Waals surface area contributed by atoms with Gasteiger partial charge in [-0.05, 0) is 17.4 Å². The zero-order chi connectivity index (χ0) is 14.0. The number of nitro groups is 1. The van der Waals surface area contributed by atoms with Gasteiger partial charge in [-0.25, -0.2) is 13.4 Å². The summed E-state index contributed by atoms with van der Waals surface area (Å²) in [7, 11) is -3.98. The second kappa shape index (κ2) is 5.07. The van der Waals surface area contributed by atoms with Crippen molar-refractivity contribution >= 4 is 43.1 Å². The minimum Gasteiger partial charge on any atom is -0.263 e. The quantitative estimate of drug-likeness (QED) is 0.679. The summed E-state index contributed by atoms with van der Waals surface area (Å²) in [5, 5.41) is 10.1. The number of nitrogens with zero attached hydrogens (tertiary/aromatic N) is 3. The van der Waals surface area contributed by atoms with Crippen LogP contribution in [-0.4, -0.2) is 23.3 Å². The maximum Gasteiger partial charge on any atom is 0.345 e.